The van der Waals surface area contributed by atoms with Crippen molar-refractivity contribution in [2.75, 3.05) is 13.3 Å². The summed E-state index contributed by atoms with van der Waals surface area (Å²) in [5, 5.41) is 13.5. The number of nitrogens with one attached hydrogen (secondary N) is 1. The van der Waals surface area contributed by atoms with Crippen molar-refractivity contribution in [3.05, 3.63) is 82.8 Å². The Balaban J connectivity index is 1.37. The molecule has 5 rings (SSSR count). The predicted octanol–water partition coefficient (Wildman–Crippen LogP) is 4.45. The van der Waals surface area contributed by atoms with Crippen LogP contribution in [0.2, 0.25) is 25.7 Å². The van der Waals surface area contributed by atoms with Gasteiger partial charge in [-0.15, -0.1) is 0 Å². The normalized spacial score (nSPS) is 20.2. The SMILES string of the molecule is C[Si](C)(C)CCOCN1C=CC2=C(c3cc(C4(C#N)Cc5ccccc5C4)ccn3)NC=NC21. The summed E-state index contributed by atoms with van der Waals surface area (Å²) in [4.78, 5) is 11.4. The number of benzene rings is 1. The van der Waals surface area contributed by atoms with Gasteiger partial charge >= 0.3 is 0 Å². The second-order valence-corrected chi connectivity index (χ2v) is 16.2. The minimum Gasteiger partial charge on any atom is -0.361 e. The van der Waals surface area contributed by atoms with Crippen LogP contribution in [0.15, 0.2) is 65.4 Å². The number of ether oxygens (including phenoxy) is 1. The van der Waals surface area contributed by atoms with E-state index in [1.165, 1.54) is 11.1 Å². The largest absolute Gasteiger partial charge is 0.361 e. The maximum atomic E-state index is 10.2. The second kappa shape index (κ2) is 8.86. The van der Waals surface area contributed by atoms with E-state index in [2.05, 4.69) is 82.3 Å². The molecule has 0 radical (unpaired) electrons. The molecule has 2 aromatic rings. The lowest BCUT2D eigenvalue weighted by Crippen LogP contribution is -2.34. The molecule has 0 spiro atoms. The van der Waals surface area contributed by atoms with Crippen molar-refractivity contribution in [2.24, 2.45) is 4.99 Å². The highest BCUT2D eigenvalue weighted by Gasteiger charge is 2.39. The van der Waals surface area contributed by atoms with Crippen molar-refractivity contribution < 1.29 is 4.74 Å². The van der Waals surface area contributed by atoms with Gasteiger partial charge in [0.05, 0.1) is 29.2 Å². The van der Waals surface area contributed by atoms with E-state index < -0.39 is 13.5 Å². The average molecular weight is 470 g/mol. The highest BCUT2D eigenvalue weighted by Crippen LogP contribution is 2.40. The Hall–Kier alpha value is -3.21. The maximum absolute atomic E-state index is 10.2. The number of aromatic nitrogens is 1. The minimum absolute atomic E-state index is 0.116. The van der Waals surface area contributed by atoms with E-state index in [1.807, 2.05) is 18.5 Å². The number of hydrogen-bond acceptors (Lipinski definition) is 6. The Bertz CT molecular complexity index is 1200. The van der Waals surface area contributed by atoms with Crippen LogP contribution in [0.4, 0.5) is 0 Å². The highest BCUT2D eigenvalue weighted by atomic mass is 28.3. The van der Waals surface area contributed by atoms with Crippen molar-refractivity contribution in [3.63, 3.8) is 0 Å². The topological polar surface area (TPSA) is 73.5 Å². The van der Waals surface area contributed by atoms with E-state index >= 15 is 0 Å². The summed E-state index contributed by atoms with van der Waals surface area (Å²) in [6.45, 7) is 8.38. The van der Waals surface area contributed by atoms with Crippen molar-refractivity contribution in [1.82, 2.24) is 15.2 Å². The van der Waals surface area contributed by atoms with Crippen molar-refractivity contribution >= 4 is 20.1 Å². The average Bonchev–Trinajstić information content (AvgIpc) is 3.43. The van der Waals surface area contributed by atoms with Crippen molar-refractivity contribution in [3.8, 4) is 6.07 Å². The van der Waals surface area contributed by atoms with E-state index in [9.17, 15) is 5.26 Å². The van der Waals surface area contributed by atoms with Crippen LogP contribution in [0.5, 0.6) is 0 Å². The Kier molecular flexibility index (Phi) is 5.88. The van der Waals surface area contributed by atoms with Gasteiger partial charge in [0.1, 0.15) is 6.73 Å². The molecule has 6 nitrogen and oxygen atoms in total. The molecule has 0 bridgehead atoms. The highest BCUT2D eigenvalue weighted by molar-refractivity contribution is 6.76. The number of fused-ring (bicyclic) bond motifs is 2. The molecule has 1 aromatic heterocycles. The first-order valence-electron chi connectivity index (χ1n) is 11.9. The summed E-state index contributed by atoms with van der Waals surface area (Å²) in [5.41, 5.74) is 5.81. The monoisotopic (exact) mass is 469 g/mol. The summed E-state index contributed by atoms with van der Waals surface area (Å²) in [7, 11) is -1.11. The summed E-state index contributed by atoms with van der Waals surface area (Å²) >= 11 is 0. The van der Waals surface area contributed by atoms with Crippen LogP contribution in [0, 0.1) is 11.3 Å². The predicted molar refractivity (Wildman–Crippen MR) is 138 cm³/mol. The molecule has 3 aliphatic rings. The fraction of sp³-hybridized carbons (Fsp3) is 0.370. The van der Waals surface area contributed by atoms with Gasteiger partial charge in [0.2, 0.25) is 0 Å². The molecule has 1 aliphatic carbocycles. The van der Waals surface area contributed by atoms with E-state index in [0.29, 0.717) is 6.73 Å². The summed E-state index contributed by atoms with van der Waals surface area (Å²) < 4.78 is 5.97. The zero-order valence-electron chi connectivity index (χ0n) is 20.1. The number of pyridine rings is 1. The third-order valence-corrected chi connectivity index (χ3v) is 8.58. The van der Waals surface area contributed by atoms with Crippen LogP contribution < -0.4 is 5.32 Å². The van der Waals surface area contributed by atoms with Crippen LogP contribution in [0.1, 0.15) is 22.4 Å². The van der Waals surface area contributed by atoms with Crippen LogP contribution in [0.25, 0.3) is 5.70 Å². The van der Waals surface area contributed by atoms with E-state index in [4.69, 9.17) is 4.74 Å². The maximum Gasteiger partial charge on any atom is 0.152 e. The first kappa shape index (κ1) is 22.6. The minimum atomic E-state index is -1.11. The zero-order chi connectivity index (χ0) is 23.8. The quantitative estimate of drug-likeness (QED) is 0.479. The Morgan fingerprint density at radius 1 is 1.21 bits per heavy atom. The summed E-state index contributed by atoms with van der Waals surface area (Å²) in [6, 6.07) is 16.2. The Labute approximate surface area is 202 Å². The van der Waals surface area contributed by atoms with E-state index in [-0.39, 0.29) is 6.17 Å². The molecule has 2 aliphatic heterocycles. The number of rotatable bonds is 7. The number of nitriles is 1. The molecule has 7 heteroatoms. The van der Waals surface area contributed by atoms with Crippen molar-refractivity contribution in [2.45, 2.75) is 50.1 Å². The van der Waals surface area contributed by atoms with Gasteiger partial charge < -0.3 is 15.0 Å². The van der Waals surface area contributed by atoms with Crippen LogP contribution >= 0.6 is 0 Å². The lowest BCUT2D eigenvalue weighted by Gasteiger charge is -2.28. The molecule has 1 unspecified atom stereocenters. The van der Waals surface area contributed by atoms with Crippen LogP contribution in [-0.2, 0) is 23.0 Å². The molecule has 174 valence electrons. The van der Waals surface area contributed by atoms with E-state index in [0.717, 1.165) is 48.0 Å². The van der Waals surface area contributed by atoms with Crippen molar-refractivity contribution in [1.29, 1.82) is 5.26 Å². The van der Waals surface area contributed by atoms with Gasteiger partial charge in [-0.1, -0.05) is 43.9 Å². The lowest BCUT2D eigenvalue weighted by atomic mass is 9.79. The zero-order valence-corrected chi connectivity index (χ0v) is 21.1. The van der Waals surface area contributed by atoms with Crippen LogP contribution in [-0.4, -0.2) is 43.8 Å². The molecule has 1 atom stereocenters. The smallest absolute Gasteiger partial charge is 0.152 e. The third kappa shape index (κ3) is 4.31. The van der Waals surface area contributed by atoms with Gasteiger partial charge in [-0.05, 0) is 53.8 Å². The molecule has 0 saturated heterocycles. The van der Waals surface area contributed by atoms with Gasteiger partial charge in [-0.25, -0.2) is 4.99 Å². The summed E-state index contributed by atoms with van der Waals surface area (Å²) in [6.07, 6.45) is 9.04. The number of nitrogens with zero attached hydrogens (tertiary/aromatic N) is 4. The number of hydrogen-bond donors (Lipinski definition) is 1. The van der Waals surface area contributed by atoms with Gasteiger partial charge in [0, 0.05) is 32.7 Å². The molecule has 0 amide bonds. The van der Waals surface area contributed by atoms with Gasteiger partial charge in [0.25, 0.3) is 0 Å². The number of aliphatic imine (C=N–C) groups is 1. The molecule has 0 saturated carbocycles. The van der Waals surface area contributed by atoms with Gasteiger partial charge in [0.15, 0.2) is 6.17 Å². The van der Waals surface area contributed by atoms with E-state index in [1.54, 1.807) is 6.34 Å². The fourth-order valence-electron chi connectivity index (χ4n) is 4.87. The molecule has 34 heavy (non-hydrogen) atoms. The molecule has 3 heterocycles. The molecule has 0 fully saturated rings. The Morgan fingerprint density at radius 3 is 2.68 bits per heavy atom. The molecule has 1 N–H and O–H groups in total. The van der Waals surface area contributed by atoms with Gasteiger partial charge in [-0.2, -0.15) is 5.26 Å². The summed E-state index contributed by atoms with van der Waals surface area (Å²) in [5.74, 6) is 0. The van der Waals surface area contributed by atoms with Gasteiger partial charge in [-0.3, -0.25) is 4.98 Å². The third-order valence-electron chi connectivity index (χ3n) is 6.87. The first-order chi connectivity index (χ1) is 16.4. The van der Waals surface area contributed by atoms with Crippen LogP contribution in [0.3, 0.4) is 0 Å². The molecule has 1 aromatic carbocycles. The molecular weight excluding hydrogens is 438 g/mol. The first-order valence-corrected chi connectivity index (χ1v) is 15.6. The Morgan fingerprint density at radius 2 is 1.97 bits per heavy atom. The molecular formula is C27H31N5OSi. The standard InChI is InChI=1S/C27H31N5OSi/c1-34(2,3)13-12-33-19-32-11-9-23-25(30-18-31-26(23)32)24-14-22(8-10-29-24)27(17-28)15-20-6-4-5-7-21(20)16-27/h4-11,14,18,26H,12-13,15-16,19H2,1-3H3,(H,30,31). The second-order valence-electron chi connectivity index (χ2n) is 10.6. The fourth-order valence-corrected chi connectivity index (χ4v) is 5.62. The lowest BCUT2D eigenvalue weighted by molar-refractivity contribution is 0.0532.